The van der Waals surface area contributed by atoms with Crippen LogP contribution in [0.25, 0.3) is 10.8 Å². The van der Waals surface area contributed by atoms with Crippen molar-refractivity contribution in [1.29, 1.82) is 0 Å². The molecular formula is C14H20N4. The van der Waals surface area contributed by atoms with Crippen molar-refractivity contribution < 1.29 is 0 Å². The first-order valence-corrected chi connectivity index (χ1v) is 6.30. The van der Waals surface area contributed by atoms with E-state index in [1.807, 2.05) is 26.1 Å². The number of anilines is 1. The summed E-state index contributed by atoms with van der Waals surface area (Å²) in [6, 6.07) is 8.61. The molecule has 1 atom stereocenters. The fourth-order valence-corrected chi connectivity index (χ4v) is 2.13. The van der Waals surface area contributed by atoms with Crippen LogP contribution in [0.4, 0.5) is 5.82 Å². The largest absolute Gasteiger partial charge is 0.355 e. The minimum absolute atomic E-state index is 0.357. The maximum absolute atomic E-state index is 5.62. The predicted molar refractivity (Wildman–Crippen MR) is 75.8 cm³/mol. The van der Waals surface area contributed by atoms with Crippen LogP contribution in [-0.4, -0.2) is 29.8 Å². The molecular weight excluding hydrogens is 224 g/mol. The summed E-state index contributed by atoms with van der Waals surface area (Å²) in [7, 11) is 2.05. The van der Waals surface area contributed by atoms with E-state index in [0.29, 0.717) is 12.6 Å². The average molecular weight is 244 g/mol. The van der Waals surface area contributed by atoms with Crippen molar-refractivity contribution in [2.24, 2.45) is 5.73 Å². The summed E-state index contributed by atoms with van der Waals surface area (Å²) in [4.78, 5) is 2.15. The first-order valence-electron chi connectivity index (χ1n) is 6.30. The second-order valence-electron chi connectivity index (χ2n) is 4.69. The zero-order valence-corrected chi connectivity index (χ0v) is 11.2. The second kappa shape index (κ2) is 5.31. The summed E-state index contributed by atoms with van der Waals surface area (Å²) < 4.78 is 0. The van der Waals surface area contributed by atoms with Crippen molar-refractivity contribution in [1.82, 2.24) is 10.2 Å². The average Bonchev–Trinajstić information content (AvgIpc) is 2.39. The van der Waals surface area contributed by atoms with Gasteiger partial charge in [-0.1, -0.05) is 24.3 Å². The van der Waals surface area contributed by atoms with Crippen LogP contribution in [0.2, 0.25) is 0 Å². The number of nitrogens with two attached hydrogens (primary N) is 1. The van der Waals surface area contributed by atoms with Gasteiger partial charge in [0.05, 0.1) is 5.69 Å². The Morgan fingerprint density at radius 3 is 2.56 bits per heavy atom. The van der Waals surface area contributed by atoms with E-state index in [2.05, 4.69) is 34.2 Å². The quantitative estimate of drug-likeness (QED) is 0.895. The molecule has 4 heteroatoms. The standard InChI is InChI=1S/C14H20N4/c1-10(8-9-15)18(3)14-13-7-5-4-6-12(13)11(2)16-17-14/h4-7,10H,8-9,15H2,1-3H3. The Kier molecular flexibility index (Phi) is 3.77. The third-order valence-electron chi connectivity index (χ3n) is 3.43. The molecule has 0 bridgehead atoms. The van der Waals surface area contributed by atoms with Gasteiger partial charge in [-0.2, -0.15) is 5.10 Å². The van der Waals surface area contributed by atoms with E-state index in [9.17, 15) is 0 Å². The van der Waals surface area contributed by atoms with Crippen molar-refractivity contribution >= 4 is 16.6 Å². The van der Waals surface area contributed by atoms with Gasteiger partial charge in [-0.15, -0.1) is 5.10 Å². The van der Waals surface area contributed by atoms with Gasteiger partial charge in [0.2, 0.25) is 0 Å². The number of rotatable bonds is 4. The number of aryl methyl sites for hydroxylation is 1. The van der Waals surface area contributed by atoms with Gasteiger partial charge in [0, 0.05) is 23.9 Å². The predicted octanol–water partition coefficient (Wildman–Crippen LogP) is 2.11. The molecule has 0 radical (unpaired) electrons. The molecule has 1 unspecified atom stereocenters. The van der Waals surface area contributed by atoms with Crippen LogP contribution in [0.15, 0.2) is 24.3 Å². The minimum Gasteiger partial charge on any atom is -0.355 e. The zero-order chi connectivity index (χ0) is 13.1. The Morgan fingerprint density at radius 2 is 1.89 bits per heavy atom. The first-order chi connectivity index (χ1) is 8.65. The molecule has 96 valence electrons. The van der Waals surface area contributed by atoms with Crippen molar-refractivity contribution in [2.45, 2.75) is 26.3 Å². The molecule has 2 N–H and O–H groups in total. The molecule has 0 spiro atoms. The smallest absolute Gasteiger partial charge is 0.159 e. The highest BCUT2D eigenvalue weighted by Crippen LogP contribution is 2.26. The fourth-order valence-electron chi connectivity index (χ4n) is 2.13. The topological polar surface area (TPSA) is 55.0 Å². The van der Waals surface area contributed by atoms with Crippen LogP contribution in [0.5, 0.6) is 0 Å². The minimum atomic E-state index is 0.357. The molecule has 0 saturated carbocycles. The molecule has 1 aromatic heterocycles. The van der Waals surface area contributed by atoms with E-state index in [1.54, 1.807) is 0 Å². The Morgan fingerprint density at radius 1 is 1.22 bits per heavy atom. The number of hydrogen-bond donors (Lipinski definition) is 1. The maximum atomic E-state index is 5.62. The van der Waals surface area contributed by atoms with Gasteiger partial charge in [-0.05, 0) is 26.8 Å². The molecule has 18 heavy (non-hydrogen) atoms. The first kappa shape index (κ1) is 12.8. The van der Waals surface area contributed by atoms with E-state index >= 15 is 0 Å². The molecule has 0 aliphatic heterocycles. The molecule has 0 aliphatic carbocycles. The molecule has 0 amide bonds. The summed E-state index contributed by atoms with van der Waals surface area (Å²) in [5, 5.41) is 10.9. The van der Waals surface area contributed by atoms with Crippen LogP contribution in [0, 0.1) is 6.92 Å². The molecule has 0 aliphatic rings. The van der Waals surface area contributed by atoms with Crippen molar-refractivity contribution in [2.75, 3.05) is 18.5 Å². The van der Waals surface area contributed by atoms with Gasteiger partial charge in [-0.25, -0.2) is 0 Å². The van der Waals surface area contributed by atoms with Crippen molar-refractivity contribution in [3.05, 3.63) is 30.0 Å². The van der Waals surface area contributed by atoms with Crippen molar-refractivity contribution in [3.63, 3.8) is 0 Å². The Hall–Kier alpha value is -1.68. The highest BCUT2D eigenvalue weighted by Gasteiger charge is 2.14. The number of benzene rings is 1. The Balaban J connectivity index is 2.48. The SMILES string of the molecule is Cc1nnc(N(C)C(C)CCN)c2ccccc12. The lowest BCUT2D eigenvalue weighted by Crippen LogP contribution is -2.31. The van der Waals surface area contributed by atoms with Crippen LogP contribution < -0.4 is 10.6 Å². The molecule has 4 nitrogen and oxygen atoms in total. The number of fused-ring (bicyclic) bond motifs is 1. The summed E-state index contributed by atoms with van der Waals surface area (Å²) >= 11 is 0. The Bertz CT molecular complexity index is 538. The van der Waals surface area contributed by atoms with E-state index < -0.39 is 0 Å². The molecule has 0 fully saturated rings. The van der Waals surface area contributed by atoms with Gasteiger partial charge in [-0.3, -0.25) is 0 Å². The molecule has 2 rings (SSSR count). The molecule has 0 saturated heterocycles. The zero-order valence-electron chi connectivity index (χ0n) is 11.2. The number of hydrogen-bond acceptors (Lipinski definition) is 4. The normalized spacial score (nSPS) is 12.7. The van der Waals surface area contributed by atoms with Gasteiger partial charge in [0.25, 0.3) is 0 Å². The van der Waals surface area contributed by atoms with Gasteiger partial charge < -0.3 is 10.6 Å². The van der Waals surface area contributed by atoms with Crippen LogP contribution in [0.1, 0.15) is 19.0 Å². The van der Waals surface area contributed by atoms with E-state index in [-0.39, 0.29) is 0 Å². The van der Waals surface area contributed by atoms with E-state index in [0.717, 1.165) is 28.7 Å². The highest BCUT2D eigenvalue weighted by atomic mass is 15.3. The number of nitrogens with zero attached hydrogens (tertiary/aromatic N) is 3. The monoisotopic (exact) mass is 244 g/mol. The third-order valence-corrected chi connectivity index (χ3v) is 3.43. The lowest BCUT2D eigenvalue weighted by molar-refractivity contribution is 0.628. The summed E-state index contributed by atoms with van der Waals surface area (Å²) in [6.45, 7) is 4.83. The van der Waals surface area contributed by atoms with Gasteiger partial charge >= 0.3 is 0 Å². The lowest BCUT2D eigenvalue weighted by Gasteiger charge is -2.26. The van der Waals surface area contributed by atoms with E-state index in [4.69, 9.17) is 5.73 Å². The lowest BCUT2D eigenvalue weighted by atomic mass is 10.1. The molecule has 2 aromatic rings. The second-order valence-corrected chi connectivity index (χ2v) is 4.69. The third kappa shape index (κ3) is 2.29. The summed E-state index contributed by atoms with van der Waals surface area (Å²) in [5.74, 6) is 0.928. The fraction of sp³-hybridized carbons (Fsp3) is 0.429. The highest BCUT2D eigenvalue weighted by molar-refractivity contribution is 5.93. The summed E-state index contributed by atoms with van der Waals surface area (Å²) in [5.41, 5.74) is 6.59. The van der Waals surface area contributed by atoms with Crippen LogP contribution >= 0.6 is 0 Å². The molecule has 1 heterocycles. The molecule has 1 aromatic carbocycles. The Labute approximate surface area is 108 Å². The van der Waals surface area contributed by atoms with E-state index in [1.165, 1.54) is 0 Å². The van der Waals surface area contributed by atoms with Crippen LogP contribution in [0.3, 0.4) is 0 Å². The van der Waals surface area contributed by atoms with Crippen molar-refractivity contribution in [3.8, 4) is 0 Å². The van der Waals surface area contributed by atoms with Gasteiger partial charge in [0.15, 0.2) is 5.82 Å². The maximum Gasteiger partial charge on any atom is 0.159 e. The van der Waals surface area contributed by atoms with Gasteiger partial charge in [0.1, 0.15) is 0 Å². The van der Waals surface area contributed by atoms with Crippen LogP contribution in [-0.2, 0) is 0 Å². The summed E-state index contributed by atoms with van der Waals surface area (Å²) in [6.07, 6.45) is 0.945. The number of aromatic nitrogens is 2.